The first-order chi connectivity index (χ1) is 6.15. The number of nitrogens with zero attached hydrogens (tertiary/aromatic N) is 1. The highest BCUT2D eigenvalue weighted by Gasteiger charge is 2.01. The van der Waals surface area contributed by atoms with Crippen LogP contribution in [0.2, 0.25) is 0 Å². The van der Waals surface area contributed by atoms with Crippen LogP contribution in [0.4, 0.5) is 0 Å². The van der Waals surface area contributed by atoms with E-state index < -0.39 is 0 Å². The van der Waals surface area contributed by atoms with Crippen LogP contribution in [0.15, 0.2) is 23.4 Å². The van der Waals surface area contributed by atoms with Crippen LogP contribution >= 0.6 is 0 Å². The van der Waals surface area contributed by atoms with Gasteiger partial charge in [-0.3, -0.25) is 0 Å². The summed E-state index contributed by atoms with van der Waals surface area (Å²) >= 11 is 0. The lowest BCUT2D eigenvalue weighted by molar-refractivity contribution is 0.213. The minimum atomic E-state index is 0.917. The number of hydrogen-bond donors (Lipinski definition) is 0. The van der Waals surface area contributed by atoms with E-state index in [1.807, 2.05) is 6.92 Å². The molecule has 0 aliphatic rings. The third kappa shape index (κ3) is 2.31. The lowest BCUT2D eigenvalue weighted by atomic mass is 10.0. The summed E-state index contributed by atoms with van der Waals surface area (Å²) in [6.45, 7) is 6.11. The third-order valence-electron chi connectivity index (χ3n) is 2.00. The molecule has 0 amide bonds. The van der Waals surface area contributed by atoms with Crippen molar-refractivity contribution in [1.29, 1.82) is 0 Å². The Morgan fingerprint density at radius 1 is 1.31 bits per heavy atom. The minimum Gasteiger partial charge on any atom is -0.399 e. The topological polar surface area (TPSA) is 21.6 Å². The van der Waals surface area contributed by atoms with Crippen LogP contribution in [0, 0.1) is 13.8 Å². The van der Waals surface area contributed by atoms with Gasteiger partial charge in [-0.05, 0) is 26.3 Å². The van der Waals surface area contributed by atoms with Gasteiger partial charge in [0.2, 0.25) is 0 Å². The Hall–Kier alpha value is -1.31. The summed E-state index contributed by atoms with van der Waals surface area (Å²) in [6, 6.07) is 6.30. The van der Waals surface area contributed by atoms with Crippen LogP contribution in [-0.2, 0) is 4.84 Å². The Kier molecular flexibility index (Phi) is 3.07. The SMILES string of the molecule is CO/N=C(\C)c1ccc(C)cc1C. The molecule has 1 aromatic rings. The fourth-order valence-corrected chi connectivity index (χ4v) is 1.41. The van der Waals surface area contributed by atoms with Crippen molar-refractivity contribution in [2.45, 2.75) is 20.8 Å². The van der Waals surface area contributed by atoms with Gasteiger partial charge in [-0.15, -0.1) is 0 Å². The molecular formula is C11H15NO. The zero-order chi connectivity index (χ0) is 9.84. The van der Waals surface area contributed by atoms with Gasteiger partial charge < -0.3 is 4.84 Å². The number of oxime groups is 1. The van der Waals surface area contributed by atoms with E-state index >= 15 is 0 Å². The molecule has 0 spiro atoms. The summed E-state index contributed by atoms with van der Waals surface area (Å²) in [5.41, 5.74) is 4.57. The molecule has 0 saturated carbocycles. The van der Waals surface area contributed by atoms with E-state index in [0.29, 0.717) is 0 Å². The van der Waals surface area contributed by atoms with Crippen LogP contribution in [0.1, 0.15) is 23.6 Å². The van der Waals surface area contributed by atoms with E-state index in [1.165, 1.54) is 11.1 Å². The normalized spacial score (nSPS) is 11.5. The molecule has 0 radical (unpaired) electrons. The van der Waals surface area contributed by atoms with Crippen molar-refractivity contribution >= 4 is 5.71 Å². The second kappa shape index (κ2) is 4.08. The smallest absolute Gasteiger partial charge is 0.106 e. The number of aryl methyl sites for hydroxylation is 2. The van der Waals surface area contributed by atoms with E-state index in [2.05, 4.69) is 37.2 Å². The fraction of sp³-hybridized carbons (Fsp3) is 0.364. The highest BCUT2D eigenvalue weighted by atomic mass is 16.6. The second-order valence-corrected chi connectivity index (χ2v) is 3.18. The quantitative estimate of drug-likeness (QED) is 0.502. The predicted octanol–water partition coefficient (Wildman–Crippen LogP) is 2.67. The van der Waals surface area contributed by atoms with Gasteiger partial charge in [-0.1, -0.05) is 28.9 Å². The van der Waals surface area contributed by atoms with Crippen molar-refractivity contribution in [1.82, 2.24) is 0 Å². The molecule has 0 atom stereocenters. The standard InChI is InChI=1S/C11H15NO/c1-8-5-6-11(9(2)7-8)10(3)12-13-4/h5-7H,1-4H3/b12-10+. The van der Waals surface area contributed by atoms with Crippen molar-refractivity contribution in [3.63, 3.8) is 0 Å². The predicted molar refractivity (Wildman–Crippen MR) is 55.1 cm³/mol. The van der Waals surface area contributed by atoms with Crippen LogP contribution in [-0.4, -0.2) is 12.8 Å². The summed E-state index contributed by atoms with van der Waals surface area (Å²) < 4.78 is 0. The fourth-order valence-electron chi connectivity index (χ4n) is 1.41. The number of benzene rings is 1. The van der Waals surface area contributed by atoms with Gasteiger partial charge in [0.05, 0.1) is 5.71 Å². The van der Waals surface area contributed by atoms with Crippen molar-refractivity contribution in [3.05, 3.63) is 34.9 Å². The Bertz CT molecular complexity index is 329. The van der Waals surface area contributed by atoms with Gasteiger partial charge in [-0.2, -0.15) is 0 Å². The first kappa shape index (κ1) is 9.78. The molecule has 2 heteroatoms. The van der Waals surface area contributed by atoms with Crippen LogP contribution in [0.5, 0.6) is 0 Å². The van der Waals surface area contributed by atoms with Gasteiger partial charge in [0.25, 0.3) is 0 Å². The summed E-state index contributed by atoms with van der Waals surface area (Å²) in [7, 11) is 1.56. The molecule has 0 saturated heterocycles. The zero-order valence-corrected chi connectivity index (χ0v) is 8.59. The molecule has 0 aliphatic heterocycles. The maximum Gasteiger partial charge on any atom is 0.106 e. The van der Waals surface area contributed by atoms with Crippen LogP contribution in [0.25, 0.3) is 0 Å². The summed E-state index contributed by atoms with van der Waals surface area (Å²) in [5.74, 6) is 0. The number of hydrogen-bond acceptors (Lipinski definition) is 2. The molecular weight excluding hydrogens is 162 g/mol. The van der Waals surface area contributed by atoms with E-state index in [0.717, 1.165) is 11.3 Å². The van der Waals surface area contributed by atoms with Crippen molar-refractivity contribution in [2.24, 2.45) is 5.16 Å². The summed E-state index contributed by atoms with van der Waals surface area (Å²) in [5, 5.41) is 3.90. The first-order valence-electron chi connectivity index (χ1n) is 4.30. The van der Waals surface area contributed by atoms with Crippen molar-refractivity contribution in [2.75, 3.05) is 7.11 Å². The average molecular weight is 177 g/mol. The molecule has 13 heavy (non-hydrogen) atoms. The Balaban J connectivity index is 3.09. The zero-order valence-electron chi connectivity index (χ0n) is 8.59. The Labute approximate surface area is 79.2 Å². The number of rotatable bonds is 2. The average Bonchev–Trinajstić information content (AvgIpc) is 2.04. The first-order valence-corrected chi connectivity index (χ1v) is 4.30. The van der Waals surface area contributed by atoms with Gasteiger partial charge >= 0.3 is 0 Å². The minimum absolute atomic E-state index is 0.917. The second-order valence-electron chi connectivity index (χ2n) is 3.18. The van der Waals surface area contributed by atoms with E-state index in [9.17, 15) is 0 Å². The molecule has 0 aliphatic carbocycles. The summed E-state index contributed by atoms with van der Waals surface area (Å²) in [4.78, 5) is 4.73. The monoisotopic (exact) mass is 177 g/mol. The lowest BCUT2D eigenvalue weighted by Gasteiger charge is -2.05. The third-order valence-corrected chi connectivity index (χ3v) is 2.00. The van der Waals surface area contributed by atoms with Gasteiger partial charge in [-0.25, -0.2) is 0 Å². The molecule has 0 bridgehead atoms. The molecule has 1 aromatic carbocycles. The molecule has 2 nitrogen and oxygen atoms in total. The van der Waals surface area contributed by atoms with Crippen molar-refractivity contribution in [3.8, 4) is 0 Å². The highest BCUT2D eigenvalue weighted by molar-refractivity contribution is 5.99. The van der Waals surface area contributed by atoms with Gasteiger partial charge in [0.1, 0.15) is 7.11 Å². The van der Waals surface area contributed by atoms with E-state index in [1.54, 1.807) is 7.11 Å². The maximum absolute atomic E-state index is 4.73. The van der Waals surface area contributed by atoms with Crippen molar-refractivity contribution < 1.29 is 4.84 Å². The van der Waals surface area contributed by atoms with E-state index in [4.69, 9.17) is 4.84 Å². The maximum atomic E-state index is 4.73. The molecule has 70 valence electrons. The lowest BCUT2D eigenvalue weighted by Crippen LogP contribution is -1.98. The molecule has 0 aromatic heterocycles. The summed E-state index contributed by atoms with van der Waals surface area (Å²) in [6.07, 6.45) is 0. The van der Waals surface area contributed by atoms with Crippen LogP contribution < -0.4 is 0 Å². The molecule has 0 N–H and O–H groups in total. The van der Waals surface area contributed by atoms with Crippen LogP contribution in [0.3, 0.4) is 0 Å². The Morgan fingerprint density at radius 2 is 2.00 bits per heavy atom. The largest absolute Gasteiger partial charge is 0.399 e. The van der Waals surface area contributed by atoms with E-state index in [-0.39, 0.29) is 0 Å². The molecule has 0 unspecified atom stereocenters. The highest BCUT2D eigenvalue weighted by Crippen LogP contribution is 2.11. The Morgan fingerprint density at radius 3 is 2.54 bits per heavy atom. The van der Waals surface area contributed by atoms with Gasteiger partial charge in [0, 0.05) is 5.56 Å². The molecule has 1 rings (SSSR count). The van der Waals surface area contributed by atoms with Gasteiger partial charge in [0.15, 0.2) is 0 Å². The molecule has 0 fully saturated rings. The molecule has 0 heterocycles.